The van der Waals surface area contributed by atoms with Gasteiger partial charge in [-0.1, -0.05) is 37.2 Å². The SMILES string of the molecule is CC(C)n1c(SCC(=O)N2C[C@H](C)C[C@@H](C)C2)nc2cc(Cl)ccc2c1=O. The third-order valence-corrected chi connectivity index (χ3v) is 6.07. The topological polar surface area (TPSA) is 55.2 Å². The lowest BCUT2D eigenvalue weighted by Gasteiger charge is -2.35. The van der Waals surface area contributed by atoms with Crippen molar-refractivity contribution in [1.29, 1.82) is 0 Å². The lowest BCUT2D eigenvalue weighted by atomic mass is 9.92. The number of hydrogen-bond acceptors (Lipinski definition) is 4. The Bertz CT molecular complexity index is 902. The normalized spacial score (nSPS) is 20.4. The Hall–Kier alpha value is -1.53. The van der Waals surface area contributed by atoms with E-state index >= 15 is 0 Å². The van der Waals surface area contributed by atoms with Gasteiger partial charge in [0.1, 0.15) is 0 Å². The van der Waals surface area contributed by atoms with Crippen LogP contribution in [0.5, 0.6) is 0 Å². The van der Waals surface area contributed by atoms with E-state index in [-0.39, 0.29) is 23.3 Å². The van der Waals surface area contributed by atoms with Crippen molar-refractivity contribution in [3.8, 4) is 0 Å². The first kappa shape index (κ1) is 20.2. The number of rotatable bonds is 4. The van der Waals surface area contributed by atoms with Gasteiger partial charge in [0.2, 0.25) is 5.91 Å². The van der Waals surface area contributed by atoms with Crippen LogP contribution in [0.2, 0.25) is 5.02 Å². The van der Waals surface area contributed by atoms with Gasteiger partial charge < -0.3 is 4.90 Å². The third kappa shape index (κ3) is 4.49. The maximum Gasteiger partial charge on any atom is 0.262 e. The van der Waals surface area contributed by atoms with Gasteiger partial charge in [0.25, 0.3) is 5.56 Å². The fourth-order valence-corrected chi connectivity index (χ4v) is 4.99. The van der Waals surface area contributed by atoms with E-state index in [1.807, 2.05) is 18.7 Å². The van der Waals surface area contributed by atoms with Crippen molar-refractivity contribution in [2.75, 3.05) is 18.8 Å². The maximum atomic E-state index is 12.9. The highest BCUT2D eigenvalue weighted by Gasteiger charge is 2.26. The molecule has 5 nitrogen and oxygen atoms in total. The minimum absolute atomic E-state index is 0.0438. The van der Waals surface area contributed by atoms with Crippen LogP contribution in [-0.2, 0) is 4.79 Å². The summed E-state index contributed by atoms with van der Waals surface area (Å²) in [6.07, 6.45) is 1.16. The zero-order valence-corrected chi connectivity index (χ0v) is 17.8. The van der Waals surface area contributed by atoms with Gasteiger partial charge in [-0.2, -0.15) is 0 Å². The number of benzene rings is 1. The molecule has 1 fully saturated rings. The van der Waals surface area contributed by atoms with Crippen molar-refractivity contribution in [2.45, 2.75) is 45.3 Å². The Kier molecular flexibility index (Phi) is 6.16. The van der Waals surface area contributed by atoms with Crippen molar-refractivity contribution in [2.24, 2.45) is 11.8 Å². The largest absolute Gasteiger partial charge is 0.341 e. The maximum absolute atomic E-state index is 12.9. The highest BCUT2D eigenvalue weighted by molar-refractivity contribution is 7.99. The summed E-state index contributed by atoms with van der Waals surface area (Å²) in [5.74, 6) is 1.44. The number of amides is 1. The van der Waals surface area contributed by atoms with Crippen LogP contribution in [0.25, 0.3) is 10.9 Å². The summed E-state index contributed by atoms with van der Waals surface area (Å²) in [5.41, 5.74) is 0.474. The second-order valence-corrected chi connectivity index (χ2v) is 9.24. The van der Waals surface area contributed by atoms with E-state index in [1.54, 1.807) is 22.8 Å². The minimum Gasteiger partial charge on any atom is -0.341 e. The number of fused-ring (bicyclic) bond motifs is 1. The molecule has 2 aromatic rings. The predicted octanol–water partition coefficient (Wildman–Crippen LogP) is 4.23. The molecule has 0 saturated carbocycles. The Labute approximate surface area is 169 Å². The summed E-state index contributed by atoms with van der Waals surface area (Å²) in [4.78, 5) is 32.2. The monoisotopic (exact) mass is 407 g/mol. The van der Waals surface area contributed by atoms with E-state index in [0.717, 1.165) is 19.5 Å². The average molecular weight is 408 g/mol. The first-order valence-corrected chi connectivity index (χ1v) is 10.7. The molecular weight excluding hydrogens is 382 g/mol. The highest BCUT2D eigenvalue weighted by atomic mass is 35.5. The highest BCUT2D eigenvalue weighted by Crippen LogP contribution is 2.25. The number of nitrogens with zero attached hydrogens (tertiary/aromatic N) is 3. The molecule has 0 aliphatic carbocycles. The Balaban J connectivity index is 1.86. The Morgan fingerprint density at radius 3 is 2.59 bits per heavy atom. The molecule has 2 heterocycles. The third-order valence-electron chi connectivity index (χ3n) is 4.89. The first-order valence-electron chi connectivity index (χ1n) is 9.38. The van der Waals surface area contributed by atoms with Gasteiger partial charge >= 0.3 is 0 Å². The van der Waals surface area contributed by atoms with Crippen LogP contribution in [0.3, 0.4) is 0 Å². The summed E-state index contributed by atoms with van der Waals surface area (Å²) in [5, 5.41) is 1.65. The average Bonchev–Trinajstić information content (AvgIpc) is 2.58. The van der Waals surface area contributed by atoms with Crippen LogP contribution in [-0.4, -0.2) is 39.2 Å². The second-order valence-electron chi connectivity index (χ2n) is 7.86. The Morgan fingerprint density at radius 2 is 1.96 bits per heavy atom. The molecule has 1 amide bonds. The zero-order chi connectivity index (χ0) is 19.7. The molecule has 3 rings (SSSR count). The molecule has 0 bridgehead atoms. The predicted molar refractivity (Wildman–Crippen MR) is 112 cm³/mol. The van der Waals surface area contributed by atoms with Gasteiger partial charge in [-0.05, 0) is 50.3 Å². The van der Waals surface area contributed by atoms with Gasteiger partial charge in [-0.3, -0.25) is 14.2 Å². The molecule has 7 heteroatoms. The van der Waals surface area contributed by atoms with Crippen LogP contribution in [0.1, 0.15) is 40.2 Å². The van der Waals surface area contributed by atoms with E-state index in [1.165, 1.54) is 11.8 Å². The van der Waals surface area contributed by atoms with Crippen LogP contribution in [0, 0.1) is 11.8 Å². The van der Waals surface area contributed by atoms with E-state index in [9.17, 15) is 9.59 Å². The number of halogens is 1. The minimum atomic E-state index is -0.0955. The molecule has 1 saturated heterocycles. The molecule has 0 unspecified atom stereocenters. The van der Waals surface area contributed by atoms with Crippen LogP contribution >= 0.6 is 23.4 Å². The number of aromatic nitrogens is 2. The standard InChI is InChI=1S/C20H26ClN3O2S/c1-12(2)24-19(26)16-6-5-15(21)8-17(16)22-20(24)27-11-18(25)23-9-13(3)7-14(4)10-23/h5-6,8,12-14H,7,9-11H2,1-4H3/t13-,14-/m1/s1. The smallest absolute Gasteiger partial charge is 0.262 e. The molecule has 0 spiro atoms. The molecule has 146 valence electrons. The number of carbonyl (C=O) groups is 1. The number of hydrogen-bond donors (Lipinski definition) is 0. The summed E-state index contributed by atoms with van der Waals surface area (Å²) >= 11 is 7.40. The van der Waals surface area contributed by atoms with Gasteiger partial charge in [-0.25, -0.2) is 4.98 Å². The fourth-order valence-electron chi connectivity index (χ4n) is 3.79. The van der Waals surface area contributed by atoms with Crippen molar-refractivity contribution < 1.29 is 4.79 Å². The van der Waals surface area contributed by atoms with Crippen molar-refractivity contribution in [3.05, 3.63) is 33.6 Å². The van der Waals surface area contributed by atoms with E-state index < -0.39 is 0 Å². The molecule has 1 aromatic heterocycles. The van der Waals surface area contributed by atoms with E-state index in [2.05, 4.69) is 18.8 Å². The molecule has 1 aliphatic heterocycles. The lowest BCUT2D eigenvalue weighted by molar-refractivity contribution is -0.130. The summed E-state index contributed by atoms with van der Waals surface area (Å²) in [7, 11) is 0. The van der Waals surface area contributed by atoms with Gasteiger partial charge in [0.05, 0.1) is 16.7 Å². The van der Waals surface area contributed by atoms with Crippen LogP contribution in [0.4, 0.5) is 0 Å². The Morgan fingerprint density at radius 1 is 1.30 bits per heavy atom. The molecule has 0 N–H and O–H groups in total. The van der Waals surface area contributed by atoms with E-state index in [0.29, 0.717) is 32.9 Å². The van der Waals surface area contributed by atoms with Crippen molar-refractivity contribution in [3.63, 3.8) is 0 Å². The first-order chi connectivity index (χ1) is 12.8. The number of carbonyl (C=O) groups excluding carboxylic acids is 1. The van der Waals surface area contributed by atoms with Gasteiger partial charge in [0.15, 0.2) is 5.16 Å². The van der Waals surface area contributed by atoms with Crippen LogP contribution in [0.15, 0.2) is 28.2 Å². The number of thioether (sulfide) groups is 1. The second kappa shape index (κ2) is 8.23. The van der Waals surface area contributed by atoms with Crippen molar-refractivity contribution in [1.82, 2.24) is 14.5 Å². The van der Waals surface area contributed by atoms with Crippen LogP contribution < -0.4 is 5.56 Å². The van der Waals surface area contributed by atoms with Crippen molar-refractivity contribution >= 4 is 40.2 Å². The molecule has 1 aromatic carbocycles. The quantitative estimate of drug-likeness (QED) is 0.562. The van der Waals surface area contributed by atoms with E-state index in [4.69, 9.17) is 11.6 Å². The number of likely N-dealkylation sites (tertiary alicyclic amines) is 1. The lowest BCUT2D eigenvalue weighted by Crippen LogP contribution is -2.43. The summed E-state index contributed by atoms with van der Waals surface area (Å²) in [6.45, 7) is 9.89. The summed E-state index contributed by atoms with van der Waals surface area (Å²) < 4.78 is 1.66. The molecule has 2 atom stereocenters. The van der Waals surface area contributed by atoms with Gasteiger partial charge in [0, 0.05) is 24.2 Å². The molecule has 27 heavy (non-hydrogen) atoms. The molecule has 1 aliphatic rings. The fraction of sp³-hybridized carbons (Fsp3) is 0.550. The molecular formula is C20H26ClN3O2S. The van der Waals surface area contributed by atoms with Gasteiger partial charge in [-0.15, -0.1) is 0 Å². The number of piperidine rings is 1. The molecule has 0 radical (unpaired) electrons. The zero-order valence-electron chi connectivity index (χ0n) is 16.2. The summed E-state index contributed by atoms with van der Waals surface area (Å²) in [6, 6.07) is 5.06.